The smallest absolute Gasteiger partial charge is 0.330 e. The molecule has 5 nitrogen and oxygen atoms in total. The fourth-order valence-corrected chi connectivity index (χ4v) is 3.09. The molecule has 0 fully saturated rings. The van der Waals surface area contributed by atoms with Crippen LogP contribution in [0.15, 0.2) is 48.5 Å². The first-order valence-corrected chi connectivity index (χ1v) is 10.3. The summed E-state index contributed by atoms with van der Waals surface area (Å²) in [5.41, 5.74) is 2.26. The largest absolute Gasteiger partial charge is 0.618 e. The van der Waals surface area contributed by atoms with Gasteiger partial charge in [-0.2, -0.15) is 4.73 Å². The third-order valence-corrected chi connectivity index (χ3v) is 4.81. The number of nitrogens with zero attached hydrogens (tertiary/aromatic N) is 1. The maximum Gasteiger partial charge on any atom is 0.330 e. The van der Waals surface area contributed by atoms with Crippen molar-refractivity contribution in [2.24, 2.45) is 0 Å². The lowest BCUT2D eigenvalue weighted by atomic mass is 10.1. The number of hydrogen-bond acceptors (Lipinski definition) is 4. The van der Waals surface area contributed by atoms with Crippen LogP contribution in [0.25, 0.3) is 6.08 Å². The standard InChI is InChI=1S/C24H31NO4/c1-20-15-17-23(22(25(20)27)16-18-24(26)28-2)29-19-11-6-4-3-5-8-12-21-13-9-7-10-14-21/h7,9-10,13-18H,3-6,8,11-12,19H2,1-2H3/b18-16+. The van der Waals surface area contributed by atoms with Gasteiger partial charge in [0, 0.05) is 25.1 Å². The van der Waals surface area contributed by atoms with E-state index in [2.05, 4.69) is 35.1 Å². The van der Waals surface area contributed by atoms with Crippen LogP contribution in [-0.2, 0) is 16.0 Å². The molecule has 29 heavy (non-hydrogen) atoms. The highest BCUT2D eigenvalue weighted by Gasteiger charge is 2.14. The van der Waals surface area contributed by atoms with Crippen LogP contribution in [0.2, 0.25) is 0 Å². The number of carbonyl (C=O) groups excluding carboxylic acids is 1. The molecule has 0 aliphatic rings. The second-order valence-electron chi connectivity index (χ2n) is 7.08. The lowest BCUT2D eigenvalue weighted by Crippen LogP contribution is -2.34. The summed E-state index contributed by atoms with van der Waals surface area (Å²) in [6.45, 7) is 2.26. The van der Waals surface area contributed by atoms with Crippen LogP contribution >= 0.6 is 0 Å². The Kier molecular flexibility index (Phi) is 9.76. The van der Waals surface area contributed by atoms with Crippen LogP contribution < -0.4 is 9.47 Å². The summed E-state index contributed by atoms with van der Waals surface area (Å²) >= 11 is 0. The van der Waals surface area contributed by atoms with Crippen molar-refractivity contribution < 1.29 is 19.0 Å². The minimum atomic E-state index is -0.510. The number of benzene rings is 1. The van der Waals surface area contributed by atoms with Gasteiger partial charge in [0.05, 0.1) is 13.7 Å². The van der Waals surface area contributed by atoms with Gasteiger partial charge in [0.2, 0.25) is 0 Å². The lowest BCUT2D eigenvalue weighted by molar-refractivity contribution is -0.614. The van der Waals surface area contributed by atoms with Crippen LogP contribution in [0.3, 0.4) is 0 Å². The minimum Gasteiger partial charge on any atom is -0.618 e. The molecular weight excluding hydrogens is 366 g/mol. The molecule has 0 atom stereocenters. The van der Waals surface area contributed by atoms with E-state index in [1.807, 2.05) is 0 Å². The average Bonchev–Trinajstić information content (AvgIpc) is 2.74. The molecule has 1 aromatic carbocycles. The molecule has 0 unspecified atom stereocenters. The van der Waals surface area contributed by atoms with E-state index >= 15 is 0 Å². The van der Waals surface area contributed by atoms with E-state index in [9.17, 15) is 10.0 Å². The van der Waals surface area contributed by atoms with Crippen LogP contribution in [0.5, 0.6) is 5.75 Å². The van der Waals surface area contributed by atoms with Gasteiger partial charge >= 0.3 is 5.97 Å². The maximum absolute atomic E-state index is 12.3. The van der Waals surface area contributed by atoms with Crippen LogP contribution in [0.4, 0.5) is 0 Å². The number of methoxy groups -OCH3 is 1. The average molecular weight is 398 g/mol. The summed E-state index contributed by atoms with van der Waals surface area (Å²) in [7, 11) is 1.30. The molecule has 0 spiro atoms. The second-order valence-corrected chi connectivity index (χ2v) is 7.08. The molecule has 0 aliphatic carbocycles. The van der Waals surface area contributed by atoms with E-state index in [-0.39, 0.29) is 0 Å². The molecule has 0 aliphatic heterocycles. The van der Waals surface area contributed by atoms with Crippen molar-refractivity contribution in [3.8, 4) is 5.75 Å². The molecule has 2 aromatic rings. The quantitative estimate of drug-likeness (QED) is 0.170. The number of ether oxygens (including phenoxy) is 2. The molecule has 0 saturated carbocycles. The summed E-state index contributed by atoms with van der Waals surface area (Å²) in [5.74, 6) is -0.0293. The Balaban J connectivity index is 1.67. The Morgan fingerprint density at radius 1 is 1.00 bits per heavy atom. The monoisotopic (exact) mass is 397 g/mol. The minimum absolute atomic E-state index is 0.316. The predicted molar refractivity (Wildman–Crippen MR) is 115 cm³/mol. The molecule has 5 heteroatoms. The maximum atomic E-state index is 12.3. The van der Waals surface area contributed by atoms with Crippen LogP contribution in [-0.4, -0.2) is 19.7 Å². The summed E-state index contributed by atoms with van der Waals surface area (Å²) in [4.78, 5) is 11.3. The number of aryl methyl sites for hydroxylation is 2. The molecule has 156 valence electrons. The normalized spacial score (nSPS) is 11.0. The summed E-state index contributed by atoms with van der Waals surface area (Å²) in [5, 5.41) is 12.3. The third kappa shape index (κ3) is 7.98. The molecule has 1 aromatic heterocycles. The number of pyridine rings is 1. The van der Waals surface area contributed by atoms with Gasteiger partial charge in [-0.25, -0.2) is 4.79 Å². The molecular formula is C24H31NO4. The molecule has 0 radical (unpaired) electrons. The Morgan fingerprint density at radius 2 is 1.69 bits per heavy atom. The predicted octanol–water partition coefficient (Wildman–Crippen LogP) is 4.78. The summed E-state index contributed by atoms with van der Waals surface area (Å²) in [6, 6.07) is 14.1. The first kappa shape index (κ1) is 22.5. The fourth-order valence-electron chi connectivity index (χ4n) is 3.09. The van der Waals surface area contributed by atoms with Gasteiger partial charge in [-0.3, -0.25) is 0 Å². The number of esters is 1. The van der Waals surface area contributed by atoms with Crippen molar-refractivity contribution >= 4 is 12.0 Å². The van der Waals surface area contributed by atoms with E-state index < -0.39 is 5.97 Å². The summed E-state index contributed by atoms with van der Waals surface area (Å²) in [6.07, 6.45) is 10.7. The van der Waals surface area contributed by atoms with Gasteiger partial charge in [-0.15, -0.1) is 0 Å². The van der Waals surface area contributed by atoms with E-state index in [1.54, 1.807) is 19.1 Å². The molecule has 2 rings (SSSR count). The van der Waals surface area contributed by atoms with Gasteiger partial charge in [-0.1, -0.05) is 56.0 Å². The van der Waals surface area contributed by atoms with E-state index in [0.29, 0.717) is 23.7 Å². The Labute approximate surface area is 173 Å². The van der Waals surface area contributed by atoms with E-state index in [1.165, 1.54) is 50.5 Å². The first-order valence-electron chi connectivity index (χ1n) is 10.3. The van der Waals surface area contributed by atoms with Gasteiger partial charge in [-0.05, 0) is 30.9 Å². The fraction of sp³-hybridized carbons (Fsp3) is 0.417. The zero-order valence-electron chi connectivity index (χ0n) is 17.4. The van der Waals surface area contributed by atoms with Crippen molar-refractivity contribution in [1.82, 2.24) is 0 Å². The third-order valence-electron chi connectivity index (χ3n) is 4.81. The second kappa shape index (κ2) is 12.6. The van der Waals surface area contributed by atoms with E-state index in [0.717, 1.165) is 24.0 Å². The van der Waals surface area contributed by atoms with Crippen molar-refractivity contribution in [3.05, 3.63) is 70.7 Å². The highest BCUT2D eigenvalue weighted by Crippen LogP contribution is 2.18. The Morgan fingerprint density at radius 3 is 2.41 bits per heavy atom. The zero-order chi connectivity index (χ0) is 20.9. The molecule has 0 bridgehead atoms. The number of unbranched alkanes of at least 4 members (excludes halogenated alkanes) is 5. The lowest BCUT2D eigenvalue weighted by Gasteiger charge is -2.11. The number of hydrogen-bond donors (Lipinski definition) is 0. The van der Waals surface area contributed by atoms with Gasteiger partial charge in [0.25, 0.3) is 5.69 Å². The first-order chi connectivity index (χ1) is 14.1. The molecule has 0 saturated heterocycles. The zero-order valence-corrected chi connectivity index (χ0v) is 17.4. The molecule has 0 amide bonds. The number of aromatic nitrogens is 1. The SMILES string of the molecule is COC(=O)/C=C/c1c(OCCCCCCCCc2ccccc2)ccc(C)[n+]1[O-]. The van der Waals surface area contributed by atoms with Gasteiger partial charge in [0.15, 0.2) is 11.4 Å². The summed E-state index contributed by atoms with van der Waals surface area (Å²) < 4.78 is 11.1. The highest BCUT2D eigenvalue weighted by molar-refractivity contribution is 5.86. The number of rotatable bonds is 12. The Bertz CT molecular complexity index is 787. The van der Waals surface area contributed by atoms with Gasteiger partial charge < -0.3 is 14.7 Å². The Hall–Kier alpha value is -2.82. The topological polar surface area (TPSA) is 62.5 Å². The number of carbonyl (C=O) groups is 1. The van der Waals surface area contributed by atoms with Crippen LogP contribution in [0, 0.1) is 12.1 Å². The molecule has 0 N–H and O–H groups in total. The van der Waals surface area contributed by atoms with Crippen LogP contribution in [0.1, 0.15) is 55.5 Å². The van der Waals surface area contributed by atoms with Crippen molar-refractivity contribution in [2.75, 3.05) is 13.7 Å². The van der Waals surface area contributed by atoms with Gasteiger partial charge in [0.1, 0.15) is 0 Å². The molecule has 1 heterocycles. The van der Waals surface area contributed by atoms with Crippen molar-refractivity contribution in [1.29, 1.82) is 0 Å². The van der Waals surface area contributed by atoms with Crippen molar-refractivity contribution in [3.63, 3.8) is 0 Å². The van der Waals surface area contributed by atoms with E-state index in [4.69, 9.17) is 4.74 Å². The highest BCUT2D eigenvalue weighted by atomic mass is 16.5. The van der Waals surface area contributed by atoms with Crippen molar-refractivity contribution in [2.45, 2.75) is 51.9 Å².